The van der Waals surface area contributed by atoms with Crippen molar-refractivity contribution in [2.24, 2.45) is 0 Å². The van der Waals surface area contributed by atoms with Gasteiger partial charge >= 0.3 is 0 Å². The summed E-state index contributed by atoms with van der Waals surface area (Å²) in [5.74, 6) is 0.820. The standard InChI is InChI=1S/C10H14BrNO2/c1-12-6-8-5-9(14-7-13-2)3-4-10(8)11/h3-5,12H,6-7H2,1-2H3. The predicted octanol–water partition coefficient (Wildman–Crippen LogP) is 2.15. The Hall–Kier alpha value is -0.580. The van der Waals surface area contributed by atoms with Crippen LogP contribution in [0.5, 0.6) is 5.75 Å². The summed E-state index contributed by atoms with van der Waals surface area (Å²) in [4.78, 5) is 0. The first-order valence-corrected chi connectivity index (χ1v) is 5.12. The number of ether oxygens (including phenoxy) is 2. The fraction of sp³-hybridized carbons (Fsp3) is 0.400. The molecule has 1 aromatic carbocycles. The molecule has 0 aliphatic heterocycles. The maximum Gasteiger partial charge on any atom is 0.188 e. The maximum absolute atomic E-state index is 5.33. The van der Waals surface area contributed by atoms with E-state index in [4.69, 9.17) is 9.47 Å². The summed E-state index contributed by atoms with van der Waals surface area (Å²) in [6.07, 6.45) is 0. The summed E-state index contributed by atoms with van der Waals surface area (Å²) in [5, 5.41) is 3.09. The van der Waals surface area contributed by atoms with E-state index in [0.717, 1.165) is 16.8 Å². The number of benzene rings is 1. The van der Waals surface area contributed by atoms with Gasteiger partial charge in [0, 0.05) is 18.1 Å². The smallest absolute Gasteiger partial charge is 0.188 e. The van der Waals surface area contributed by atoms with Crippen LogP contribution in [0.25, 0.3) is 0 Å². The molecule has 0 saturated carbocycles. The van der Waals surface area contributed by atoms with Crippen molar-refractivity contribution in [1.29, 1.82) is 0 Å². The Kier molecular flexibility index (Phi) is 4.93. The van der Waals surface area contributed by atoms with Gasteiger partial charge in [0.05, 0.1) is 0 Å². The highest BCUT2D eigenvalue weighted by atomic mass is 79.9. The number of nitrogens with one attached hydrogen (secondary N) is 1. The second-order valence-electron chi connectivity index (χ2n) is 2.83. The van der Waals surface area contributed by atoms with Crippen molar-refractivity contribution in [3.05, 3.63) is 28.2 Å². The number of rotatable bonds is 5. The maximum atomic E-state index is 5.33. The fourth-order valence-electron chi connectivity index (χ4n) is 1.09. The Labute approximate surface area is 92.5 Å². The van der Waals surface area contributed by atoms with Gasteiger partial charge in [-0.25, -0.2) is 0 Å². The third kappa shape index (κ3) is 3.29. The molecule has 1 aromatic rings. The van der Waals surface area contributed by atoms with E-state index in [1.54, 1.807) is 7.11 Å². The predicted molar refractivity (Wildman–Crippen MR) is 59.4 cm³/mol. The lowest BCUT2D eigenvalue weighted by Gasteiger charge is -2.08. The molecule has 14 heavy (non-hydrogen) atoms. The molecule has 0 unspecified atom stereocenters. The van der Waals surface area contributed by atoms with E-state index < -0.39 is 0 Å². The number of methoxy groups -OCH3 is 1. The second kappa shape index (κ2) is 6.01. The Morgan fingerprint density at radius 1 is 1.43 bits per heavy atom. The first kappa shape index (κ1) is 11.5. The molecule has 0 amide bonds. The van der Waals surface area contributed by atoms with Crippen LogP contribution >= 0.6 is 15.9 Å². The summed E-state index contributed by atoms with van der Waals surface area (Å²) in [5.41, 5.74) is 1.17. The number of halogens is 1. The van der Waals surface area contributed by atoms with Gasteiger partial charge in [-0.1, -0.05) is 15.9 Å². The zero-order valence-electron chi connectivity index (χ0n) is 8.34. The van der Waals surface area contributed by atoms with Crippen molar-refractivity contribution in [3.63, 3.8) is 0 Å². The lowest BCUT2D eigenvalue weighted by atomic mass is 10.2. The average Bonchev–Trinajstić information content (AvgIpc) is 2.19. The van der Waals surface area contributed by atoms with E-state index in [1.807, 2.05) is 25.2 Å². The van der Waals surface area contributed by atoms with Crippen LogP contribution < -0.4 is 10.1 Å². The molecule has 0 bridgehead atoms. The third-order valence-electron chi connectivity index (χ3n) is 1.73. The van der Waals surface area contributed by atoms with Crippen LogP contribution in [0.2, 0.25) is 0 Å². The van der Waals surface area contributed by atoms with E-state index in [-0.39, 0.29) is 6.79 Å². The molecule has 0 fully saturated rings. The highest BCUT2D eigenvalue weighted by Crippen LogP contribution is 2.22. The van der Waals surface area contributed by atoms with Crippen molar-refractivity contribution < 1.29 is 9.47 Å². The van der Waals surface area contributed by atoms with Crippen LogP contribution in [0.1, 0.15) is 5.56 Å². The molecule has 0 saturated heterocycles. The van der Waals surface area contributed by atoms with Crippen LogP contribution in [0.15, 0.2) is 22.7 Å². The summed E-state index contributed by atoms with van der Waals surface area (Å²) < 4.78 is 11.2. The topological polar surface area (TPSA) is 30.5 Å². The van der Waals surface area contributed by atoms with Gasteiger partial charge in [0.15, 0.2) is 6.79 Å². The Bertz CT molecular complexity index is 291. The molecule has 1 N–H and O–H groups in total. The minimum atomic E-state index is 0.278. The van der Waals surface area contributed by atoms with Gasteiger partial charge in [-0.3, -0.25) is 0 Å². The van der Waals surface area contributed by atoms with Crippen LogP contribution in [-0.2, 0) is 11.3 Å². The largest absolute Gasteiger partial charge is 0.468 e. The van der Waals surface area contributed by atoms with Crippen molar-refractivity contribution >= 4 is 15.9 Å². The molecule has 0 aliphatic carbocycles. The zero-order valence-corrected chi connectivity index (χ0v) is 9.93. The Morgan fingerprint density at radius 3 is 2.86 bits per heavy atom. The molecule has 78 valence electrons. The lowest BCUT2D eigenvalue weighted by molar-refractivity contribution is 0.0510. The van der Waals surface area contributed by atoms with Gasteiger partial charge in [0.1, 0.15) is 5.75 Å². The van der Waals surface area contributed by atoms with Gasteiger partial charge in [-0.15, -0.1) is 0 Å². The van der Waals surface area contributed by atoms with E-state index >= 15 is 0 Å². The van der Waals surface area contributed by atoms with Gasteiger partial charge in [0.2, 0.25) is 0 Å². The van der Waals surface area contributed by atoms with Gasteiger partial charge < -0.3 is 14.8 Å². The Balaban J connectivity index is 2.72. The molecule has 4 heteroatoms. The minimum absolute atomic E-state index is 0.278. The third-order valence-corrected chi connectivity index (χ3v) is 2.50. The number of hydrogen-bond acceptors (Lipinski definition) is 3. The first-order chi connectivity index (χ1) is 6.77. The molecule has 0 aromatic heterocycles. The molecule has 3 nitrogen and oxygen atoms in total. The molecule has 0 aliphatic rings. The Morgan fingerprint density at radius 2 is 2.21 bits per heavy atom. The van der Waals surface area contributed by atoms with Crippen molar-refractivity contribution in [2.75, 3.05) is 21.0 Å². The van der Waals surface area contributed by atoms with Crippen LogP contribution in [-0.4, -0.2) is 21.0 Å². The highest BCUT2D eigenvalue weighted by molar-refractivity contribution is 9.10. The van der Waals surface area contributed by atoms with Gasteiger partial charge in [0.25, 0.3) is 0 Å². The molecule has 0 radical (unpaired) electrons. The van der Waals surface area contributed by atoms with E-state index in [0.29, 0.717) is 0 Å². The highest BCUT2D eigenvalue weighted by Gasteiger charge is 2.01. The molecular weight excluding hydrogens is 246 g/mol. The first-order valence-electron chi connectivity index (χ1n) is 4.32. The second-order valence-corrected chi connectivity index (χ2v) is 3.69. The van der Waals surface area contributed by atoms with Crippen LogP contribution in [0.4, 0.5) is 0 Å². The van der Waals surface area contributed by atoms with Crippen molar-refractivity contribution in [1.82, 2.24) is 5.32 Å². The molecular formula is C10H14BrNO2. The molecule has 1 rings (SSSR count). The summed E-state index contributed by atoms with van der Waals surface area (Å²) in [6, 6.07) is 5.86. The van der Waals surface area contributed by atoms with E-state index in [2.05, 4.69) is 21.2 Å². The summed E-state index contributed by atoms with van der Waals surface area (Å²) in [6.45, 7) is 1.09. The molecule has 0 spiro atoms. The fourth-order valence-corrected chi connectivity index (χ4v) is 1.48. The average molecular weight is 260 g/mol. The van der Waals surface area contributed by atoms with E-state index in [1.165, 1.54) is 5.56 Å². The zero-order chi connectivity index (χ0) is 10.4. The van der Waals surface area contributed by atoms with Crippen LogP contribution in [0, 0.1) is 0 Å². The van der Waals surface area contributed by atoms with Crippen molar-refractivity contribution in [3.8, 4) is 5.75 Å². The molecule has 0 heterocycles. The molecule has 0 atom stereocenters. The normalized spacial score (nSPS) is 10.2. The monoisotopic (exact) mass is 259 g/mol. The van der Waals surface area contributed by atoms with E-state index in [9.17, 15) is 0 Å². The SMILES string of the molecule is CNCc1cc(OCOC)ccc1Br. The number of hydrogen-bond donors (Lipinski definition) is 1. The van der Waals surface area contributed by atoms with Gasteiger partial charge in [-0.2, -0.15) is 0 Å². The summed E-state index contributed by atoms with van der Waals surface area (Å²) >= 11 is 3.47. The summed E-state index contributed by atoms with van der Waals surface area (Å²) in [7, 11) is 3.52. The quantitative estimate of drug-likeness (QED) is 0.823. The van der Waals surface area contributed by atoms with Crippen molar-refractivity contribution in [2.45, 2.75) is 6.54 Å². The lowest BCUT2D eigenvalue weighted by Crippen LogP contribution is -2.06. The van der Waals surface area contributed by atoms with Crippen LogP contribution in [0.3, 0.4) is 0 Å². The van der Waals surface area contributed by atoms with Gasteiger partial charge in [-0.05, 0) is 30.8 Å². The minimum Gasteiger partial charge on any atom is -0.468 e.